The first-order valence-corrected chi connectivity index (χ1v) is 11.0. The van der Waals surface area contributed by atoms with E-state index in [1.54, 1.807) is 11.5 Å². The molecular formula is C24H26N2O5. The zero-order chi connectivity index (χ0) is 21.6. The number of hydrogen-bond acceptors (Lipinski definition) is 5. The summed E-state index contributed by atoms with van der Waals surface area (Å²) < 4.78 is 12.8. The van der Waals surface area contributed by atoms with E-state index < -0.39 is 11.4 Å². The number of esters is 1. The lowest BCUT2D eigenvalue weighted by Crippen LogP contribution is -2.55. The molecule has 3 heterocycles. The molecule has 2 aliphatic heterocycles. The van der Waals surface area contributed by atoms with Crippen LogP contribution in [0.15, 0.2) is 41.3 Å². The molecule has 2 atom stereocenters. The number of carbonyl (C=O) groups is 2. The summed E-state index contributed by atoms with van der Waals surface area (Å²) in [6.07, 6.45) is 5.63. The second kappa shape index (κ2) is 7.55. The van der Waals surface area contributed by atoms with E-state index in [0.29, 0.717) is 12.5 Å². The molecule has 2 aromatic rings. The highest BCUT2D eigenvalue weighted by atomic mass is 16.5. The van der Waals surface area contributed by atoms with Crippen LogP contribution in [0.4, 0.5) is 0 Å². The Hall–Kier alpha value is -3.09. The molecule has 1 saturated carbocycles. The smallest absolute Gasteiger partial charge is 0.343 e. The lowest BCUT2D eigenvalue weighted by atomic mass is 9.79. The molecule has 5 rings (SSSR count). The molecule has 0 radical (unpaired) electrons. The van der Waals surface area contributed by atoms with Gasteiger partial charge in [-0.1, -0.05) is 36.8 Å². The van der Waals surface area contributed by atoms with Crippen molar-refractivity contribution in [2.24, 2.45) is 5.92 Å². The van der Waals surface area contributed by atoms with Crippen LogP contribution in [0.3, 0.4) is 0 Å². The molecule has 7 nitrogen and oxygen atoms in total. The summed E-state index contributed by atoms with van der Waals surface area (Å²) in [6, 6.07) is 9.44. The highest BCUT2D eigenvalue weighted by Crippen LogP contribution is 2.48. The standard InChI is InChI=1S/C24H26N2O5/c1-2-30-23(29)18-13-25-15-24-10-6-9-17(11-24)12-26(24)22(28)19(25)21(20(18)27)31-14-16-7-4-3-5-8-16/h3-5,7-8,13,17H,2,6,9-12,14-15H2,1H3/t17-,24+/m1/s1. The van der Waals surface area contributed by atoms with E-state index in [9.17, 15) is 14.4 Å². The maximum atomic E-state index is 13.6. The van der Waals surface area contributed by atoms with Crippen LogP contribution in [0.2, 0.25) is 0 Å². The molecule has 1 saturated heterocycles. The highest BCUT2D eigenvalue weighted by molar-refractivity contribution is 5.98. The quantitative estimate of drug-likeness (QED) is 0.693. The number of aromatic nitrogens is 1. The van der Waals surface area contributed by atoms with Gasteiger partial charge in [-0.15, -0.1) is 0 Å². The van der Waals surface area contributed by atoms with Crippen molar-refractivity contribution in [1.82, 2.24) is 9.47 Å². The van der Waals surface area contributed by atoms with Gasteiger partial charge in [0.1, 0.15) is 12.2 Å². The first-order valence-electron chi connectivity index (χ1n) is 11.0. The fourth-order valence-corrected chi connectivity index (χ4v) is 5.49. The van der Waals surface area contributed by atoms with Crippen LogP contribution in [0, 0.1) is 5.92 Å². The predicted molar refractivity (Wildman–Crippen MR) is 113 cm³/mol. The molecule has 1 aromatic heterocycles. The number of rotatable bonds is 5. The second-order valence-corrected chi connectivity index (χ2v) is 8.77. The Kier molecular flexibility index (Phi) is 4.84. The van der Waals surface area contributed by atoms with E-state index >= 15 is 0 Å². The van der Waals surface area contributed by atoms with Gasteiger partial charge >= 0.3 is 5.97 Å². The van der Waals surface area contributed by atoms with Crippen LogP contribution in [0.5, 0.6) is 5.75 Å². The average Bonchev–Trinajstić information content (AvgIpc) is 3.03. The van der Waals surface area contributed by atoms with Crippen molar-refractivity contribution in [2.45, 2.75) is 51.3 Å². The number of benzene rings is 1. The van der Waals surface area contributed by atoms with E-state index in [4.69, 9.17) is 9.47 Å². The Morgan fingerprint density at radius 2 is 2.03 bits per heavy atom. The van der Waals surface area contributed by atoms with Gasteiger partial charge in [0.25, 0.3) is 5.91 Å². The summed E-state index contributed by atoms with van der Waals surface area (Å²) in [5, 5.41) is 0. The molecule has 3 aliphatic rings. The first kappa shape index (κ1) is 19.8. The van der Waals surface area contributed by atoms with Crippen molar-refractivity contribution in [1.29, 1.82) is 0 Å². The molecule has 2 fully saturated rings. The van der Waals surface area contributed by atoms with Gasteiger partial charge in [-0.25, -0.2) is 4.79 Å². The number of amides is 1. The van der Waals surface area contributed by atoms with Crippen LogP contribution in [0.25, 0.3) is 0 Å². The van der Waals surface area contributed by atoms with Crippen LogP contribution in [0.1, 0.15) is 59.0 Å². The third kappa shape index (κ3) is 3.23. The highest BCUT2D eigenvalue weighted by Gasteiger charge is 2.54. The van der Waals surface area contributed by atoms with Crippen molar-refractivity contribution >= 4 is 11.9 Å². The molecular weight excluding hydrogens is 396 g/mol. The number of ether oxygens (including phenoxy) is 2. The molecule has 1 aromatic carbocycles. The molecule has 162 valence electrons. The van der Waals surface area contributed by atoms with Crippen molar-refractivity contribution in [3.63, 3.8) is 0 Å². The maximum absolute atomic E-state index is 13.6. The monoisotopic (exact) mass is 422 g/mol. The number of nitrogens with zero attached hydrogens (tertiary/aromatic N) is 2. The topological polar surface area (TPSA) is 77.8 Å². The van der Waals surface area contributed by atoms with E-state index in [2.05, 4.69) is 0 Å². The SMILES string of the molecule is CCOC(=O)c1cn2c(c(OCc3ccccc3)c1=O)C(=O)N1C[C@@H]3CCC[C@]1(C3)C2. The molecule has 7 heteroatoms. The Balaban J connectivity index is 1.61. The van der Waals surface area contributed by atoms with E-state index in [-0.39, 0.29) is 41.7 Å². The zero-order valence-corrected chi connectivity index (χ0v) is 17.6. The van der Waals surface area contributed by atoms with E-state index in [1.165, 1.54) is 6.20 Å². The Morgan fingerprint density at radius 1 is 1.23 bits per heavy atom. The van der Waals surface area contributed by atoms with E-state index in [1.807, 2.05) is 35.2 Å². The van der Waals surface area contributed by atoms with Gasteiger partial charge in [-0.05, 0) is 37.7 Å². The van der Waals surface area contributed by atoms with Gasteiger partial charge in [0.2, 0.25) is 5.43 Å². The fraction of sp³-hybridized carbons (Fsp3) is 0.458. The molecule has 31 heavy (non-hydrogen) atoms. The normalized spacial score (nSPS) is 23.8. The summed E-state index contributed by atoms with van der Waals surface area (Å²) in [4.78, 5) is 41.3. The summed E-state index contributed by atoms with van der Waals surface area (Å²) >= 11 is 0. The summed E-state index contributed by atoms with van der Waals surface area (Å²) in [6.45, 7) is 3.29. The maximum Gasteiger partial charge on any atom is 0.343 e. The van der Waals surface area contributed by atoms with Gasteiger partial charge in [-0.3, -0.25) is 9.59 Å². The van der Waals surface area contributed by atoms with Crippen LogP contribution < -0.4 is 10.2 Å². The summed E-state index contributed by atoms with van der Waals surface area (Å²) in [5.41, 5.74) is 0.208. The van der Waals surface area contributed by atoms with Crippen molar-refractivity contribution in [2.75, 3.05) is 13.2 Å². The predicted octanol–water partition coefficient (Wildman–Crippen LogP) is 3.00. The molecule has 1 spiro atoms. The third-order valence-corrected chi connectivity index (χ3v) is 6.81. The van der Waals surface area contributed by atoms with Crippen LogP contribution >= 0.6 is 0 Å². The lowest BCUT2D eigenvalue weighted by molar-refractivity contribution is 0.0408. The van der Waals surface area contributed by atoms with Crippen molar-refractivity contribution in [3.8, 4) is 5.75 Å². The Bertz CT molecular complexity index is 1090. The van der Waals surface area contributed by atoms with Gasteiger partial charge in [0.05, 0.1) is 12.1 Å². The molecule has 0 unspecified atom stereocenters. The van der Waals surface area contributed by atoms with Gasteiger partial charge in [0, 0.05) is 19.3 Å². The number of hydrogen-bond donors (Lipinski definition) is 0. The Labute approximate surface area is 180 Å². The van der Waals surface area contributed by atoms with Crippen LogP contribution in [-0.2, 0) is 17.9 Å². The summed E-state index contributed by atoms with van der Waals surface area (Å²) in [5.74, 6) is -0.424. The summed E-state index contributed by atoms with van der Waals surface area (Å²) in [7, 11) is 0. The second-order valence-electron chi connectivity index (χ2n) is 8.77. The van der Waals surface area contributed by atoms with Crippen LogP contribution in [-0.4, -0.2) is 40.0 Å². The van der Waals surface area contributed by atoms with Gasteiger partial charge < -0.3 is 18.9 Å². The van der Waals surface area contributed by atoms with Gasteiger partial charge in [-0.2, -0.15) is 0 Å². The third-order valence-electron chi connectivity index (χ3n) is 6.81. The molecule has 1 amide bonds. The minimum atomic E-state index is -0.687. The average molecular weight is 422 g/mol. The fourth-order valence-electron chi connectivity index (χ4n) is 5.49. The minimum absolute atomic E-state index is 0.0595. The number of carbonyl (C=O) groups excluding carboxylic acids is 2. The minimum Gasteiger partial charge on any atom is -0.483 e. The molecule has 0 N–H and O–H groups in total. The first-order chi connectivity index (χ1) is 15.0. The number of pyridine rings is 1. The Morgan fingerprint density at radius 3 is 2.81 bits per heavy atom. The molecule has 1 aliphatic carbocycles. The zero-order valence-electron chi connectivity index (χ0n) is 17.6. The lowest BCUT2D eigenvalue weighted by Gasteiger charge is -2.44. The number of fused-ring (bicyclic) bond motifs is 2. The van der Waals surface area contributed by atoms with Crippen molar-refractivity contribution in [3.05, 3.63) is 63.6 Å². The van der Waals surface area contributed by atoms with Gasteiger partial charge in [0.15, 0.2) is 11.4 Å². The van der Waals surface area contributed by atoms with Crippen molar-refractivity contribution < 1.29 is 19.1 Å². The largest absolute Gasteiger partial charge is 0.483 e. The van der Waals surface area contributed by atoms with E-state index in [0.717, 1.165) is 37.8 Å². The molecule has 2 bridgehead atoms.